The average molecular weight is 1350 g/mol. The van der Waals surface area contributed by atoms with Gasteiger partial charge in [-0.3, -0.25) is 14.3 Å². The Bertz CT molecular complexity index is 4190. The molecule has 0 unspecified atom stereocenters. The molecule has 10 aromatic rings. The Hall–Kier alpha value is -8.87. The number of ether oxygens (including phenoxy) is 11. The van der Waals surface area contributed by atoms with Gasteiger partial charge in [0.15, 0.2) is 11.6 Å². The van der Waals surface area contributed by atoms with Crippen molar-refractivity contribution in [2.24, 2.45) is 0 Å². The summed E-state index contributed by atoms with van der Waals surface area (Å²) in [4.78, 5) is 51.7. The van der Waals surface area contributed by atoms with Gasteiger partial charge in [0.25, 0.3) is 47.0 Å². The average Bonchev–Trinajstić information content (AvgIpc) is 1.76. The van der Waals surface area contributed by atoms with E-state index in [2.05, 4.69) is 65.7 Å². The van der Waals surface area contributed by atoms with Crippen LogP contribution in [0.4, 0.5) is 17.1 Å². The van der Waals surface area contributed by atoms with Gasteiger partial charge in [0, 0.05) is 39.3 Å². The molecule has 1 amide bonds. The zero-order valence-electron chi connectivity index (χ0n) is 52.0. The second kappa shape index (κ2) is 31.7. The summed E-state index contributed by atoms with van der Waals surface area (Å²) < 4.78 is 58.4. The predicted molar refractivity (Wildman–Crippen MR) is 351 cm³/mol. The lowest BCUT2D eigenvalue weighted by Crippen LogP contribution is -2.18. The summed E-state index contributed by atoms with van der Waals surface area (Å²) in [5, 5.41) is 16.3. The Labute approximate surface area is 547 Å². The normalized spacial score (nSPS) is 10.8. The summed E-state index contributed by atoms with van der Waals surface area (Å²) in [7, 11) is 16.5. The van der Waals surface area contributed by atoms with Crippen molar-refractivity contribution < 1.29 is 56.9 Å². The number of carbonyl (C=O) groups is 1. The van der Waals surface area contributed by atoms with Crippen LogP contribution in [0.2, 0.25) is 20.1 Å². The number of nitrogens with two attached hydrogens (primary N) is 1. The van der Waals surface area contributed by atoms with E-state index in [0.717, 1.165) is 27.8 Å². The number of hydrogen-bond acceptors (Lipinski definition) is 25. The molecule has 27 nitrogen and oxygen atoms in total. The van der Waals surface area contributed by atoms with Gasteiger partial charge in [-0.1, -0.05) is 58.6 Å². The van der Waals surface area contributed by atoms with Crippen molar-refractivity contribution in [2.45, 2.75) is 34.3 Å². The first-order valence-corrected chi connectivity index (χ1v) is 28.6. The van der Waals surface area contributed by atoms with Crippen LogP contribution < -0.4 is 54.3 Å². The number of methoxy groups -OCH3 is 11. The molecule has 0 saturated heterocycles. The molecular weight excluding hydrogens is 1280 g/mol. The van der Waals surface area contributed by atoms with E-state index in [0.29, 0.717) is 115 Å². The molecule has 0 aliphatic carbocycles. The van der Waals surface area contributed by atoms with Crippen LogP contribution in [0.15, 0.2) is 48.8 Å². The molecule has 0 aliphatic rings. The topological polar surface area (TPSA) is 315 Å². The number of amides is 1. The molecule has 0 radical (unpaired) electrons. The molecule has 6 aromatic heterocycles. The summed E-state index contributed by atoms with van der Waals surface area (Å²) >= 11 is 30.7. The Morgan fingerprint density at radius 2 is 0.901 bits per heavy atom. The first-order chi connectivity index (χ1) is 43.7. The molecule has 6 heterocycles. The number of nitrogen functional groups attached to an aromatic ring is 1. The third-order valence-corrected chi connectivity index (χ3v) is 15.0. The fraction of sp³-hybridized carbons (Fsp3) is 0.305. The van der Waals surface area contributed by atoms with Gasteiger partial charge in [-0.25, -0.2) is 39.9 Å². The fourth-order valence-corrected chi connectivity index (χ4v) is 9.63. The number of aryl methyl sites for hydroxylation is 4. The van der Waals surface area contributed by atoms with Crippen LogP contribution in [0.25, 0.3) is 61.2 Å². The van der Waals surface area contributed by atoms with Gasteiger partial charge in [-0.05, 0) is 86.3 Å². The van der Waals surface area contributed by atoms with Crippen LogP contribution in [-0.4, -0.2) is 162 Å². The van der Waals surface area contributed by atoms with Gasteiger partial charge in [0.05, 0.1) is 128 Å². The molecule has 4 N–H and O–H groups in total. The number of nitrogens with zero attached hydrogens (tertiary/aromatic N) is 12. The number of rotatable bonds is 18. The van der Waals surface area contributed by atoms with Gasteiger partial charge < -0.3 is 68.5 Å². The fourth-order valence-electron chi connectivity index (χ4n) is 8.66. The molecule has 32 heteroatoms. The van der Waals surface area contributed by atoms with Gasteiger partial charge >= 0.3 is 0 Å². The molecule has 0 atom stereocenters. The summed E-state index contributed by atoms with van der Waals surface area (Å²) in [5.41, 5.74) is 16.2. The van der Waals surface area contributed by atoms with Crippen molar-refractivity contribution in [1.82, 2.24) is 59.6 Å². The van der Waals surface area contributed by atoms with Crippen LogP contribution in [0.5, 0.6) is 47.0 Å². The van der Waals surface area contributed by atoms with Crippen molar-refractivity contribution in [2.75, 3.05) is 108 Å². The largest absolute Gasteiger partial charge is 0.477 e. The number of aromatic nitrogens is 12. The molecule has 0 bridgehead atoms. The van der Waals surface area contributed by atoms with E-state index >= 15 is 0 Å². The number of benzene rings is 4. The van der Waals surface area contributed by atoms with E-state index in [-0.39, 0.29) is 61.0 Å². The highest BCUT2D eigenvalue weighted by atomic mass is 35.5. The molecular formula is C59H63Cl4N15O12S. The molecule has 0 spiro atoms. The molecule has 10 rings (SSSR count). The van der Waals surface area contributed by atoms with E-state index < -0.39 is 0 Å². The number of thiocarbonyl (C=S) groups is 1. The van der Waals surface area contributed by atoms with Crippen molar-refractivity contribution in [3.05, 3.63) is 97.0 Å². The lowest BCUT2D eigenvalue weighted by atomic mass is 10.1. The summed E-state index contributed by atoms with van der Waals surface area (Å²) in [6.45, 7) is 7.86. The standard InChI is InChI=1S/C20H19ClN6O3.C14H16ClN3O4.C14H16ClN3O3S.C11H12ClN3O2/c1-11-8-13-16(24-20(30-4)19(23-13)29-3)17(15(11)21)27-14(10-28-2)25-26-18(27)12-6-5-7-22-9-12;1-7-5-8-11(18-14(22-4)13(16-8)21-3)12(10(7)15)17-9(19)6-20-2;1-7-5-8-11(18-14(21-4)13(16-8)20-3)12(10(7)15)17-9(22)6-19-2;1-5-4-6-9(8(13)7(5)12)15-11(17-3)10(14-6)16-2/h5-9H,10H2,1-4H3;5H,6H2,1-4H3,(H,17,19);5H,6H2,1-4H3,(H,17,22);4H,13H2,1-3H3. The minimum absolute atomic E-state index is 0.0908. The lowest BCUT2D eigenvalue weighted by Gasteiger charge is -2.16. The number of nitrogens with one attached hydrogen (secondary N) is 2. The summed E-state index contributed by atoms with van der Waals surface area (Å²) in [6, 6.07) is 11.0. The maximum atomic E-state index is 11.8. The van der Waals surface area contributed by atoms with E-state index in [1.165, 1.54) is 64.0 Å². The van der Waals surface area contributed by atoms with Crippen LogP contribution in [-0.2, 0) is 25.6 Å². The molecule has 4 aromatic carbocycles. The number of fused-ring (bicyclic) bond motifs is 4. The second-order valence-corrected chi connectivity index (χ2v) is 20.9. The quantitative estimate of drug-likeness (QED) is 0.0531. The van der Waals surface area contributed by atoms with Crippen molar-refractivity contribution >= 4 is 131 Å². The third-order valence-electron chi connectivity index (χ3n) is 12.9. The Morgan fingerprint density at radius 1 is 0.505 bits per heavy atom. The lowest BCUT2D eigenvalue weighted by molar-refractivity contribution is -0.119. The Balaban J connectivity index is 0.000000176. The van der Waals surface area contributed by atoms with Crippen LogP contribution in [0.3, 0.4) is 0 Å². The minimum atomic E-state index is -0.340. The zero-order chi connectivity index (χ0) is 66.4. The number of carbonyl (C=O) groups excluding carboxylic acids is 1. The molecule has 0 aliphatic heterocycles. The summed E-state index contributed by atoms with van der Waals surface area (Å²) in [6.07, 6.45) is 3.40. The first kappa shape index (κ1) is 69.6. The molecule has 0 fully saturated rings. The van der Waals surface area contributed by atoms with E-state index in [4.69, 9.17) is 116 Å². The van der Waals surface area contributed by atoms with Crippen LogP contribution in [0, 0.1) is 27.7 Å². The van der Waals surface area contributed by atoms with E-state index in [1.807, 2.05) is 62.6 Å². The highest BCUT2D eigenvalue weighted by Gasteiger charge is 2.26. The van der Waals surface area contributed by atoms with Crippen molar-refractivity contribution in [3.63, 3.8) is 0 Å². The monoisotopic (exact) mass is 1350 g/mol. The zero-order valence-corrected chi connectivity index (χ0v) is 55.8. The third kappa shape index (κ3) is 15.5. The molecule has 0 saturated carbocycles. The van der Waals surface area contributed by atoms with Gasteiger partial charge in [0.2, 0.25) is 5.91 Å². The number of halogens is 4. The number of hydrogen-bond donors (Lipinski definition) is 3. The highest BCUT2D eigenvalue weighted by molar-refractivity contribution is 7.80. The van der Waals surface area contributed by atoms with E-state index in [9.17, 15) is 4.79 Å². The van der Waals surface area contributed by atoms with Crippen molar-refractivity contribution in [1.29, 1.82) is 0 Å². The van der Waals surface area contributed by atoms with Crippen LogP contribution >= 0.6 is 58.6 Å². The highest BCUT2D eigenvalue weighted by Crippen LogP contribution is 2.40. The maximum Gasteiger partial charge on any atom is 0.278 e. The first-order valence-electron chi connectivity index (χ1n) is 26.7. The molecule has 91 heavy (non-hydrogen) atoms. The second-order valence-electron chi connectivity index (χ2n) is 18.9. The van der Waals surface area contributed by atoms with E-state index in [1.54, 1.807) is 32.7 Å². The Kier molecular flexibility index (Phi) is 24.3. The van der Waals surface area contributed by atoms with Crippen LogP contribution in [0.1, 0.15) is 28.1 Å². The van der Waals surface area contributed by atoms with Gasteiger partial charge in [-0.2, -0.15) is 0 Å². The number of anilines is 3. The van der Waals surface area contributed by atoms with Gasteiger partial charge in [-0.15, -0.1) is 10.2 Å². The smallest absolute Gasteiger partial charge is 0.278 e. The Morgan fingerprint density at radius 3 is 1.33 bits per heavy atom. The maximum absolute atomic E-state index is 11.8. The van der Waals surface area contributed by atoms with Crippen molar-refractivity contribution in [3.8, 4) is 64.1 Å². The SMILES string of the molecule is COCC(=O)Nc1c(Cl)c(C)cc2nc(OC)c(OC)nc12.COCC(=S)Nc1c(Cl)c(C)cc2nc(OC)c(OC)nc12.COCc1nnc(-c2cccnc2)n1-c1c(Cl)c(C)cc2nc(OC)c(OC)nc12.COc1nc2cc(C)c(Cl)c(N)c2nc1OC. The molecule has 480 valence electrons. The summed E-state index contributed by atoms with van der Waals surface area (Å²) in [5.74, 6) is 2.95. The minimum Gasteiger partial charge on any atom is -0.477 e. The number of pyridine rings is 1. The predicted octanol–water partition coefficient (Wildman–Crippen LogP) is 10.8. The van der Waals surface area contributed by atoms with Gasteiger partial charge in [0.1, 0.15) is 40.3 Å².